The van der Waals surface area contributed by atoms with Gasteiger partial charge in [-0.05, 0) is 30.7 Å². The highest BCUT2D eigenvalue weighted by Gasteiger charge is 2.13. The fraction of sp³-hybridized carbons (Fsp3) is 0.200. The van der Waals surface area contributed by atoms with Crippen molar-refractivity contribution in [2.45, 2.75) is 19.4 Å². The van der Waals surface area contributed by atoms with Gasteiger partial charge in [-0.1, -0.05) is 41.1 Å². The topological polar surface area (TPSA) is 29.5 Å². The van der Waals surface area contributed by atoms with E-state index in [9.17, 15) is 9.50 Å². The van der Waals surface area contributed by atoms with Crippen molar-refractivity contribution in [1.82, 2.24) is 0 Å². The summed E-state index contributed by atoms with van der Waals surface area (Å²) in [5.74, 6) is 0.159. The summed E-state index contributed by atoms with van der Waals surface area (Å²) in [6.07, 6.45) is -0.0434. The van der Waals surface area contributed by atoms with Crippen LogP contribution in [-0.2, 0) is 0 Å². The Morgan fingerprint density at radius 2 is 1.95 bits per heavy atom. The first-order chi connectivity index (χ1) is 9.11. The van der Waals surface area contributed by atoms with Gasteiger partial charge in [0.2, 0.25) is 0 Å². The van der Waals surface area contributed by atoms with E-state index >= 15 is 0 Å². The molecule has 2 aromatic carbocycles. The molecule has 2 aromatic rings. The third-order valence-corrected chi connectivity index (χ3v) is 3.27. The number of rotatable bonds is 4. The number of hydrogen-bond acceptors (Lipinski definition) is 2. The van der Waals surface area contributed by atoms with E-state index in [0.717, 1.165) is 0 Å². The summed E-state index contributed by atoms with van der Waals surface area (Å²) >= 11 is 3.20. The standard InChI is InChI=1S/C15H14BrFO2/c1-2-13(18)11-5-3-4-6-14(11)19-15-8-7-10(16)9-12(15)17/h3-9,13,18H,2H2,1H3/t13-/m1/s1. The number of hydrogen-bond donors (Lipinski definition) is 1. The first-order valence-electron chi connectivity index (χ1n) is 6.01. The smallest absolute Gasteiger partial charge is 0.166 e. The van der Waals surface area contributed by atoms with Gasteiger partial charge in [-0.25, -0.2) is 4.39 Å². The molecule has 0 aromatic heterocycles. The lowest BCUT2D eigenvalue weighted by Gasteiger charge is -2.15. The van der Waals surface area contributed by atoms with Crippen molar-refractivity contribution in [3.8, 4) is 11.5 Å². The number of benzene rings is 2. The second kappa shape index (κ2) is 6.17. The van der Waals surface area contributed by atoms with E-state index in [-0.39, 0.29) is 5.75 Å². The van der Waals surface area contributed by atoms with E-state index in [2.05, 4.69) is 15.9 Å². The van der Waals surface area contributed by atoms with Crippen LogP contribution in [0.2, 0.25) is 0 Å². The number of ether oxygens (including phenoxy) is 1. The highest BCUT2D eigenvalue weighted by Crippen LogP contribution is 2.32. The zero-order valence-electron chi connectivity index (χ0n) is 10.4. The maximum atomic E-state index is 13.7. The van der Waals surface area contributed by atoms with Gasteiger partial charge in [0.25, 0.3) is 0 Å². The number of aliphatic hydroxyl groups excluding tert-OH is 1. The third kappa shape index (κ3) is 3.33. The zero-order valence-corrected chi connectivity index (χ0v) is 12.0. The average Bonchev–Trinajstić information content (AvgIpc) is 2.41. The van der Waals surface area contributed by atoms with E-state index in [1.165, 1.54) is 6.07 Å². The van der Waals surface area contributed by atoms with Crippen LogP contribution in [0.3, 0.4) is 0 Å². The van der Waals surface area contributed by atoms with E-state index in [4.69, 9.17) is 4.74 Å². The van der Waals surface area contributed by atoms with Gasteiger partial charge >= 0.3 is 0 Å². The van der Waals surface area contributed by atoms with Crippen molar-refractivity contribution in [2.24, 2.45) is 0 Å². The van der Waals surface area contributed by atoms with Gasteiger partial charge in [0.1, 0.15) is 5.75 Å². The van der Waals surface area contributed by atoms with Crippen molar-refractivity contribution in [1.29, 1.82) is 0 Å². The van der Waals surface area contributed by atoms with Gasteiger partial charge in [0.15, 0.2) is 11.6 Å². The highest BCUT2D eigenvalue weighted by molar-refractivity contribution is 9.10. The summed E-state index contributed by atoms with van der Waals surface area (Å²) < 4.78 is 19.9. The van der Waals surface area contributed by atoms with Crippen molar-refractivity contribution >= 4 is 15.9 Å². The Hall–Kier alpha value is -1.39. The van der Waals surface area contributed by atoms with Gasteiger partial charge < -0.3 is 9.84 Å². The molecule has 1 atom stereocenters. The Morgan fingerprint density at radius 3 is 2.63 bits per heavy atom. The zero-order chi connectivity index (χ0) is 13.8. The molecule has 0 aliphatic carbocycles. The van der Waals surface area contributed by atoms with Gasteiger partial charge in [-0.15, -0.1) is 0 Å². The van der Waals surface area contributed by atoms with Crippen molar-refractivity contribution < 1.29 is 14.2 Å². The van der Waals surface area contributed by atoms with Crippen molar-refractivity contribution in [2.75, 3.05) is 0 Å². The van der Waals surface area contributed by atoms with Crippen LogP contribution in [0.15, 0.2) is 46.9 Å². The van der Waals surface area contributed by atoms with E-state index in [1.807, 2.05) is 13.0 Å². The Kier molecular flexibility index (Phi) is 4.56. The fourth-order valence-electron chi connectivity index (χ4n) is 1.75. The first kappa shape index (κ1) is 14.0. The van der Waals surface area contributed by atoms with E-state index in [1.54, 1.807) is 30.3 Å². The second-order valence-electron chi connectivity index (χ2n) is 4.14. The molecule has 0 aliphatic heterocycles. The van der Waals surface area contributed by atoms with Crippen LogP contribution in [0.25, 0.3) is 0 Å². The minimum absolute atomic E-state index is 0.138. The molecule has 0 saturated carbocycles. The lowest BCUT2D eigenvalue weighted by molar-refractivity contribution is 0.170. The van der Waals surface area contributed by atoms with Crippen LogP contribution in [0.1, 0.15) is 25.0 Å². The summed E-state index contributed by atoms with van der Waals surface area (Å²) in [6.45, 7) is 1.88. The molecule has 4 heteroatoms. The molecule has 0 amide bonds. The molecule has 100 valence electrons. The Balaban J connectivity index is 2.33. The van der Waals surface area contributed by atoms with Crippen LogP contribution in [0, 0.1) is 5.82 Å². The van der Waals surface area contributed by atoms with Gasteiger partial charge in [-0.3, -0.25) is 0 Å². The largest absolute Gasteiger partial charge is 0.454 e. The molecule has 0 spiro atoms. The summed E-state index contributed by atoms with van der Waals surface area (Å²) in [4.78, 5) is 0. The predicted octanol–water partition coefficient (Wildman–Crippen LogP) is 4.82. The van der Waals surface area contributed by atoms with Crippen molar-refractivity contribution in [3.05, 3.63) is 58.3 Å². The maximum Gasteiger partial charge on any atom is 0.166 e. The quantitative estimate of drug-likeness (QED) is 0.873. The first-order valence-corrected chi connectivity index (χ1v) is 6.81. The van der Waals surface area contributed by atoms with Crippen LogP contribution >= 0.6 is 15.9 Å². The summed E-state index contributed by atoms with van der Waals surface area (Å²) in [7, 11) is 0. The molecule has 19 heavy (non-hydrogen) atoms. The summed E-state index contributed by atoms with van der Waals surface area (Å²) in [5.41, 5.74) is 0.660. The maximum absolute atomic E-state index is 13.7. The molecule has 0 fully saturated rings. The minimum Gasteiger partial charge on any atom is -0.454 e. The van der Waals surface area contributed by atoms with Gasteiger partial charge in [0.05, 0.1) is 6.10 Å². The molecule has 0 radical (unpaired) electrons. The molecular weight excluding hydrogens is 311 g/mol. The number of halogens is 2. The average molecular weight is 325 g/mol. The summed E-state index contributed by atoms with van der Waals surface area (Å²) in [6, 6.07) is 11.7. The van der Waals surface area contributed by atoms with Gasteiger partial charge in [0, 0.05) is 10.0 Å². The Bertz CT molecular complexity index is 572. The van der Waals surface area contributed by atoms with Crippen LogP contribution in [0.4, 0.5) is 4.39 Å². The SMILES string of the molecule is CC[C@@H](O)c1ccccc1Oc1ccc(Br)cc1F. The Labute approximate surface area is 120 Å². The van der Waals surface area contributed by atoms with Gasteiger partial charge in [-0.2, -0.15) is 0 Å². The normalized spacial score (nSPS) is 12.2. The lowest BCUT2D eigenvalue weighted by atomic mass is 10.1. The summed E-state index contributed by atoms with van der Waals surface area (Å²) in [5, 5.41) is 9.92. The van der Waals surface area contributed by atoms with E-state index in [0.29, 0.717) is 22.2 Å². The molecule has 2 rings (SSSR count). The molecule has 0 aliphatic rings. The molecule has 0 heterocycles. The van der Waals surface area contributed by atoms with Crippen LogP contribution < -0.4 is 4.74 Å². The Morgan fingerprint density at radius 1 is 1.21 bits per heavy atom. The predicted molar refractivity (Wildman–Crippen MR) is 75.9 cm³/mol. The molecule has 0 bridgehead atoms. The minimum atomic E-state index is -0.616. The third-order valence-electron chi connectivity index (χ3n) is 2.78. The number of para-hydroxylation sites is 1. The van der Waals surface area contributed by atoms with Crippen LogP contribution in [0.5, 0.6) is 11.5 Å². The van der Waals surface area contributed by atoms with Crippen LogP contribution in [-0.4, -0.2) is 5.11 Å². The fourth-order valence-corrected chi connectivity index (χ4v) is 2.08. The lowest BCUT2D eigenvalue weighted by Crippen LogP contribution is -1.99. The van der Waals surface area contributed by atoms with Crippen molar-refractivity contribution in [3.63, 3.8) is 0 Å². The number of aliphatic hydroxyl groups is 1. The second-order valence-corrected chi connectivity index (χ2v) is 5.05. The monoisotopic (exact) mass is 324 g/mol. The molecule has 1 N–H and O–H groups in total. The molecule has 0 unspecified atom stereocenters. The molecular formula is C15H14BrFO2. The molecule has 2 nitrogen and oxygen atoms in total. The van der Waals surface area contributed by atoms with E-state index < -0.39 is 11.9 Å². The molecule has 0 saturated heterocycles. The highest BCUT2D eigenvalue weighted by atomic mass is 79.9.